The van der Waals surface area contributed by atoms with E-state index in [1.807, 2.05) is 25.3 Å². The van der Waals surface area contributed by atoms with Crippen LogP contribution in [0.2, 0.25) is 25.7 Å². The van der Waals surface area contributed by atoms with Crippen molar-refractivity contribution in [3.8, 4) is 28.4 Å². The third-order valence-corrected chi connectivity index (χ3v) is 10.5. The highest BCUT2D eigenvalue weighted by Crippen LogP contribution is 2.35. The molecule has 11 nitrogen and oxygen atoms in total. The highest BCUT2D eigenvalue weighted by Gasteiger charge is 2.48. The number of ether oxygens (including phenoxy) is 2. The number of imidazole rings is 1. The standard InChI is InChI=1S/C33H40F3N5O6SSi/c1-32(2,3)46-31(42)40-13-7-8-27(40)30-39-20-28(41(30)21-45-14-15-49(4,5)6)25-18-37-29(38-19-25)24-10-9-23-17-26(12-11-22(23)16-24)47-48(43,44)33(34,35)36/h9-12,16-20,27H,7-8,13-15,21H2,1-6H3/t27-/m0/s1. The number of amides is 1. The first kappa shape index (κ1) is 36.3. The maximum absolute atomic E-state index is 13.1. The topological polar surface area (TPSA) is 126 Å². The Morgan fingerprint density at radius 2 is 1.63 bits per heavy atom. The van der Waals surface area contributed by atoms with Crippen molar-refractivity contribution >= 4 is 35.1 Å². The molecule has 0 saturated carbocycles. The van der Waals surface area contributed by atoms with Crippen molar-refractivity contribution in [1.82, 2.24) is 24.4 Å². The second-order valence-corrected chi connectivity index (χ2v) is 21.3. The van der Waals surface area contributed by atoms with Crippen LogP contribution in [0.1, 0.15) is 45.5 Å². The third kappa shape index (κ3) is 8.77. The summed E-state index contributed by atoms with van der Waals surface area (Å²) >= 11 is 0. The van der Waals surface area contributed by atoms with Gasteiger partial charge in [-0.2, -0.15) is 21.6 Å². The third-order valence-electron chi connectivity index (χ3n) is 7.79. The molecule has 0 aliphatic carbocycles. The molecule has 0 unspecified atom stereocenters. The van der Waals surface area contributed by atoms with Crippen LogP contribution in [0.3, 0.4) is 0 Å². The van der Waals surface area contributed by atoms with Crippen LogP contribution >= 0.6 is 0 Å². The Bertz CT molecular complexity index is 1920. The second-order valence-electron chi connectivity index (χ2n) is 14.1. The zero-order valence-corrected chi connectivity index (χ0v) is 30.1. The molecule has 1 saturated heterocycles. The zero-order valence-electron chi connectivity index (χ0n) is 28.2. The van der Waals surface area contributed by atoms with Gasteiger partial charge in [0.25, 0.3) is 0 Å². The first-order valence-electron chi connectivity index (χ1n) is 15.8. The Balaban J connectivity index is 1.41. The van der Waals surface area contributed by atoms with E-state index in [1.54, 1.807) is 41.7 Å². The number of carbonyl (C=O) groups is 1. The molecular formula is C33H40F3N5O6SSi. The molecule has 1 amide bonds. The Labute approximate surface area is 284 Å². The van der Waals surface area contributed by atoms with E-state index >= 15 is 0 Å². The molecule has 0 spiro atoms. The molecule has 5 rings (SSSR count). The van der Waals surface area contributed by atoms with E-state index in [-0.39, 0.29) is 18.9 Å². The summed E-state index contributed by atoms with van der Waals surface area (Å²) in [4.78, 5) is 28.8. The Morgan fingerprint density at radius 1 is 0.959 bits per heavy atom. The molecule has 0 radical (unpaired) electrons. The summed E-state index contributed by atoms with van der Waals surface area (Å²) in [6, 6.07) is 9.56. The number of carbonyl (C=O) groups excluding carboxylic acids is 1. The molecular weight excluding hydrogens is 680 g/mol. The number of halogens is 3. The highest BCUT2D eigenvalue weighted by molar-refractivity contribution is 7.88. The fourth-order valence-corrected chi connectivity index (χ4v) is 6.54. The molecule has 1 aliphatic heterocycles. The number of hydrogen-bond acceptors (Lipinski definition) is 9. The number of alkyl halides is 3. The van der Waals surface area contributed by atoms with E-state index in [0.717, 1.165) is 30.6 Å². The molecule has 49 heavy (non-hydrogen) atoms. The average Bonchev–Trinajstić information content (AvgIpc) is 3.64. The molecule has 2 aromatic heterocycles. The van der Waals surface area contributed by atoms with Gasteiger partial charge in [0.1, 0.15) is 23.9 Å². The lowest BCUT2D eigenvalue weighted by atomic mass is 10.1. The normalized spacial score (nSPS) is 15.9. The SMILES string of the molecule is CC(C)(C)OC(=O)N1CCC[C@H]1c1ncc(-c2cnc(-c3ccc4cc(OS(=O)(=O)C(F)(F)F)ccc4c3)nc2)n1COCC[Si](C)(C)C. The Hall–Kier alpha value is -4.02. The van der Waals surface area contributed by atoms with Gasteiger partial charge in [-0.05, 0) is 68.6 Å². The minimum absolute atomic E-state index is 0.232. The van der Waals surface area contributed by atoms with E-state index < -0.39 is 35.1 Å². The molecule has 1 atom stereocenters. The monoisotopic (exact) mass is 719 g/mol. The lowest BCUT2D eigenvalue weighted by molar-refractivity contribution is -0.0500. The highest BCUT2D eigenvalue weighted by atomic mass is 32.2. The molecule has 0 N–H and O–H groups in total. The molecule has 2 aromatic carbocycles. The van der Waals surface area contributed by atoms with Gasteiger partial charge in [-0.1, -0.05) is 37.8 Å². The number of aromatic nitrogens is 4. The van der Waals surface area contributed by atoms with Crippen LogP contribution in [0.5, 0.6) is 5.75 Å². The lowest BCUT2D eigenvalue weighted by Crippen LogP contribution is -2.37. The quantitative estimate of drug-likeness (QED) is 0.0699. The fourth-order valence-electron chi connectivity index (χ4n) is 5.33. The van der Waals surface area contributed by atoms with Gasteiger partial charge in [0.2, 0.25) is 0 Å². The lowest BCUT2D eigenvalue weighted by Gasteiger charge is -2.29. The van der Waals surface area contributed by atoms with E-state index in [2.05, 4.69) is 33.8 Å². The van der Waals surface area contributed by atoms with E-state index in [4.69, 9.17) is 14.5 Å². The van der Waals surface area contributed by atoms with Crippen LogP contribution in [-0.4, -0.2) is 71.3 Å². The Kier molecular flexibility index (Phi) is 10.1. The van der Waals surface area contributed by atoms with E-state index in [9.17, 15) is 26.4 Å². The van der Waals surface area contributed by atoms with Crippen molar-refractivity contribution in [2.24, 2.45) is 0 Å². The predicted octanol–water partition coefficient (Wildman–Crippen LogP) is 7.77. The number of likely N-dealkylation sites (tertiary alicyclic amines) is 1. The number of fused-ring (bicyclic) bond motifs is 1. The summed E-state index contributed by atoms with van der Waals surface area (Å²) in [6.07, 6.45) is 6.23. The van der Waals surface area contributed by atoms with Gasteiger partial charge in [-0.3, -0.25) is 4.90 Å². The molecule has 0 bridgehead atoms. The van der Waals surface area contributed by atoms with Gasteiger partial charge in [0, 0.05) is 44.7 Å². The van der Waals surface area contributed by atoms with E-state index in [1.165, 1.54) is 12.1 Å². The van der Waals surface area contributed by atoms with Gasteiger partial charge in [-0.25, -0.2) is 19.7 Å². The van der Waals surface area contributed by atoms with Gasteiger partial charge < -0.3 is 18.2 Å². The van der Waals surface area contributed by atoms with Gasteiger partial charge in [0.15, 0.2) is 5.82 Å². The predicted molar refractivity (Wildman–Crippen MR) is 181 cm³/mol. The fraction of sp³-hybridized carbons (Fsp3) is 0.455. The summed E-state index contributed by atoms with van der Waals surface area (Å²) in [6.45, 7) is 13.8. The molecule has 16 heteroatoms. The molecule has 1 fully saturated rings. The van der Waals surface area contributed by atoms with Crippen molar-refractivity contribution in [2.45, 2.75) is 83.2 Å². The maximum Gasteiger partial charge on any atom is 0.534 e. The number of benzene rings is 2. The van der Waals surface area contributed by atoms with Crippen LogP contribution in [-0.2, 0) is 26.3 Å². The zero-order chi connectivity index (χ0) is 35.8. The van der Waals surface area contributed by atoms with E-state index in [0.29, 0.717) is 46.7 Å². The van der Waals surface area contributed by atoms with Crippen LogP contribution < -0.4 is 4.18 Å². The van der Waals surface area contributed by atoms with Crippen molar-refractivity contribution in [1.29, 1.82) is 0 Å². The maximum atomic E-state index is 13.1. The minimum atomic E-state index is -5.79. The van der Waals surface area contributed by atoms with Crippen LogP contribution in [0.25, 0.3) is 33.4 Å². The minimum Gasteiger partial charge on any atom is -0.444 e. The number of nitrogens with zero attached hydrogens (tertiary/aromatic N) is 5. The number of hydrogen-bond donors (Lipinski definition) is 0. The van der Waals surface area contributed by atoms with Crippen molar-refractivity contribution in [3.05, 3.63) is 60.8 Å². The van der Waals surface area contributed by atoms with Gasteiger partial charge in [-0.15, -0.1) is 0 Å². The van der Waals surface area contributed by atoms with Crippen molar-refractivity contribution in [3.63, 3.8) is 0 Å². The second kappa shape index (κ2) is 13.7. The van der Waals surface area contributed by atoms with Crippen LogP contribution in [0, 0.1) is 0 Å². The summed E-state index contributed by atoms with van der Waals surface area (Å²) in [5.74, 6) is 0.636. The molecule has 3 heterocycles. The smallest absolute Gasteiger partial charge is 0.444 e. The summed E-state index contributed by atoms with van der Waals surface area (Å²) in [7, 11) is -7.12. The van der Waals surface area contributed by atoms with Gasteiger partial charge in [0.05, 0.1) is 17.9 Å². The first-order chi connectivity index (χ1) is 22.8. The molecule has 4 aromatic rings. The average molecular weight is 720 g/mol. The van der Waals surface area contributed by atoms with Crippen molar-refractivity contribution in [2.75, 3.05) is 13.2 Å². The summed E-state index contributed by atoms with van der Waals surface area (Å²) in [5, 5.41) is 1.08. The van der Waals surface area contributed by atoms with Gasteiger partial charge >= 0.3 is 21.7 Å². The first-order valence-corrected chi connectivity index (χ1v) is 20.9. The van der Waals surface area contributed by atoms with Crippen molar-refractivity contribution < 1.29 is 40.0 Å². The number of rotatable bonds is 10. The summed E-state index contributed by atoms with van der Waals surface area (Å²) in [5.41, 5.74) is -4.12. The largest absolute Gasteiger partial charge is 0.534 e. The Morgan fingerprint density at radius 3 is 2.29 bits per heavy atom. The molecule has 264 valence electrons. The summed E-state index contributed by atoms with van der Waals surface area (Å²) < 4.78 is 79.1. The van der Waals surface area contributed by atoms with Crippen LogP contribution in [0.4, 0.5) is 18.0 Å². The molecule has 1 aliphatic rings. The van der Waals surface area contributed by atoms with Crippen LogP contribution in [0.15, 0.2) is 55.0 Å².